The maximum absolute atomic E-state index is 12.4. The molecule has 1 N–H and O–H groups in total. The lowest BCUT2D eigenvalue weighted by Crippen LogP contribution is -2.48. The molecule has 1 heterocycles. The second-order valence-electron chi connectivity index (χ2n) is 8.07. The normalized spacial score (nSPS) is 20.7. The minimum Gasteiger partial charge on any atom is -0.444 e. The van der Waals surface area contributed by atoms with E-state index in [1.807, 2.05) is 25.7 Å². The van der Waals surface area contributed by atoms with Crippen molar-refractivity contribution in [2.24, 2.45) is 0 Å². The highest BCUT2D eigenvalue weighted by molar-refractivity contribution is 5.68. The maximum Gasteiger partial charge on any atom is 0.410 e. The molecule has 136 valence electrons. The SMILES string of the molecule is CC(CC1CCCCN1C(=O)OC(C)(C)C)NCCCN(C)C. The molecule has 1 amide bonds. The third-order valence-electron chi connectivity index (χ3n) is 4.16. The van der Waals surface area contributed by atoms with Crippen LogP contribution in [0.1, 0.15) is 59.8 Å². The standard InChI is InChI=1S/C18H37N3O2/c1-15(19-11-9-12-20(5)6)14-16-10-7-8-13-21(16)17(22)23-18(2,3)4/h15-16,19H,7-14H2,1-6H3. The van der Waals surface area contributed by atoms with E-state index in [9.17, 15) is 4.79 Å². The molecular weight excluding hydrogens is 290 g/mol. The van der Waals surface area contributed by atoms with Crippen LogP contribution in [0.4, 0.5) is 4.79 Å². The van der Waals surface area contributed by atoms with Crippen LogP contribution in [0.2, 0.25) is 0 Å². The summed E-state index contributed by atoms with van der Waals surface area (Å²) in [6.07, 6.45) is 5.38. The van der Waals surface area contributed by atoms with E-state index in [4.69, 9.17) is 4.74 Å². The number of hydrogen-bond acceptors (Lipinski definition) is 4. The smallest absolute Gasteiger partial charge is 0.410 e. The van der Waals surface area contributed by atoms with Crippen molar-refractivity contribution in [3.05, 3.63) is 0 Å². The van der Waals surface area contributed by atoms with Gasteiger partial charge in [-0.15, -0.1) is 0 Å². The first-order valence-electron chi connectivity index (χ1n) is 9.07. The van der Waals surface area contributed by atoms with Crippen LogP contribution in [0.25, 0.3) is 0 Å². The highest BCUT2D eigenvalue weighted by Gasteiger charge is 2.31. The van der Waals surface area contributed by atoms with Crippen LogP contribution in [0.5, 0.6) is 0 Å². The topological polar surface area (TPSA) is 44.8 Å². The Morgan fingerprint density at radius 3 is 2.65 bits per heavy atom. The van der Waals surface area contributed by atoms with Crippen LogP contribution in [-0.2, 0) is 4.74 Å². The van der Waals surface area contributed by atoms with Crippen molar-refractivity contribution in [2.45, 2.75) is 77.5 Å². The molecule has 0 radical (unpaired) electrons. The van der Waals surface area contributed by atoms with Crippen LogP contribution >= 0.6 is 0 Å². The molecule has 0 bridgehead atoms. The molecule has 2 atom stereocenters. The van der Waals surface area contributed by atoms with Crippen molar-refractivity contribution in [1.82, 2.24) is 15.1 Å². The zero-order valence-corrected chi connectivity index (χ0v) is 16.0. The van der Waals surface area contributed by atoms with Gasteiger partial charge >= 0.3 is 6.09 Å². The number of rotatable bonds is 7. The van der Waals surface area contributed by atoms with Crippen LogP contribution < -0.4 is 5.32 Å². The monoisotopic (exact) mass is 327 g/mol. The number of hydrogen-bond donors (Lipinski definition) is 1. The molecule has 5 heteroatoms. The summed E-state index contributed by atoms with van der Waals surface area (Å²) in [7, 11) is 4.20. The van der Waals surface area contributed by atoms with Gasteiger partial charge in [0.1, 0.15) is 5.60 Å². The third kappa shape index (κ3) is 8.56. The van der Waals surface area contributed by atoms with Crippen LogP contribution in [-0.4, -0.2) is 67.3 Å². The van der Waals surface area contributed by atoms with Crippen molar-refractivity contribution in [2.75, 3.05) is 33.7 Å². The molecule has 0 saturated carbocycles. The fraction of sp³-hybridized carbons (Fsp3) is 0.944. The van der Waals surface area contributed by atoms with Gasteiger partial charge in [0.2, 0.25) is 0 Å². The van der Waals surface area contributed by atoms with Crippen molar-refractivity contribution in [1.29, 1.82) is 0 Å². The molecule has 0 spiro atoms. The Bertz CT molecular complexity index is 353. The van der Waals surface area contributed by atoms with Crippen LogP contribution in [0.15, 0.2) is 0 Å². The fourth-order valence-electron chi connectivity index (χ4n) is 3.04. The highest BCUT2D eigenvalue weighted by Crippen LogP contribution is 2.23. The number of carbonyl (C=O) groups excluding carboxylic acids is 1. The number of likely N-dealkylation sites (tertiary alicyclic amines) is 1. The summed E-state index contributed by atoms with van der Waals surface area (Å²) < 4.78 is 5.57. The molecule has 5 nitrogen and oxygen atoms in total. The van der Waals surface area contributed by atoms with Gasteiger partial charge in [-0.3, -0.25) is 0 Å². The van der Waals surface area contributed by atoms with Gasteiger partial charge in [-0.2, -0.15) is 0 Å². The molecule has 1 fully saturated rings. The minimum absolute atomic E-state index is 0.151. The van der Waals surface area contributed by atoms with Crippen molar-refractivity contribution >= 4 is 6.09 Å². The maximum atomic E-state index is 12.4. The molecule has 1 saturated heterocycles. The van der Waals surface area contributed by atoms with Crippen LogP contribution in [0.3, 0.4) is 0 Å². The predicted molar refractivity (Wildman–Crippen MR) is 95.8 cm³/mol. The fourth-order valence-corrected chi connectivity index (χ4v) is 3.04. The quantitative estimate of drug-likeness (QED) is 0.730. The Morgan fingerprint density at radius 2 is 2.04 bits per heavy atom. The Balaban J connectivity index is 2.43. The second kappa shape index (κ2) is 9.48. The van der Waals surface area contributed by atoms with E-state index in [1.165, 1.54) is 6.42 Å². The summed E-state index contributed by atoms with van der Waals surface area (Å²) in [6, 6.07) is 0.722. The van der Waals surface area contributed by atoms with E-state index in [0.29, 0.717) is 12.1 Å². The van der Waals surface area contributed by atoms with Gasteiger partial charge in [-0.25, -0.2) is 4.79 Å². The van der Waals surface area contributed by atoms with E-state index in [0.717, 1.165) is 45.3 Å². The van der Waals surface area contributed by atoms with E-state index in [2.05, 4.69) is 31.2 Å². The van der Waals surface area contributed by atoms with Gasteiger partial charge in [0, 0.05) is 18.6 Å². The van der Waals surface area contributed by atoms with Gasteiger partial charge in [0.15, 0.2) is 0 Å². The Morgan fingerprint density at radius 1 is 1.35 bits per heavy atom. The summed E-state index contributed by atoms with van der Waals surface area (Å²) in [5, 5.41) is 3.59. The summed E-state index contributed by atoms with van der Waals surface area (Å²) in [4.78, 5) is 16.6. The Hall–Kier alpha value is -0.810. The number of carbonyl (C=O) groups is 1. The highest BCUT2D eigenvalue weighted by atomic mass is 16.6. The van der Waals surface area contributed by atoms with Gasteiger partial charge in [-0.05, 0) is 87.0 Å². The number of nitrogens with zero attached hydrogens (tertiary/aromatic N) is 2. The lowest BCUT2D eigenvalue weighted by atomic mass is 9.96. The average Bonchev–Trinajstić information content (AvgIpc) is 2.42. The van der Waals surface area contributed by atoms with Gasteiger partial charge in [-0.1, -0.05) is 0 Å². The summed E-state index contributed by atoms with van der Waals surface area (Å²) in [6.45, 7) is 11.0. The van der Waals surface area contributed by atoms with Crippen molar-refractivity contribution in [3.63, 3.8) is 0 Å². The van der Waals surface area contributed by atoms with E-state index in [1.54, 1.807) is 0 Å². The Labute approximate surface area is 142 Å². The Kier molecular flexibility index (Phi) is 8.34. The third-order valence-corrected chi connectivity index (χ3v) is 4.16. The van der Waals surface area contributed by atoms with Gasteiger partial charge in [0.25, 0.3) is 0 Å². The van der Waals surface area contributed by atoms with E-state index in [-0.39, 0.29) is 6.09 Å². The largest absolute Gasteiger partial charge is 0.444 e. The van der Waals surface area contributed by atoms with Gasteiger partial charge < -0.3 is 19.9 Å². The van der Waals surface area contributed by atoms with Gasteiger partial charge in [0.05, 0.1) is 0 Å². The zero-order chi connectivity index (χ0) is 17.5. The molecule has 0 aromatic rings. The molecule has 2 unspecified atom stereocenters. The zero-order valence-electron chi connectivity index (χ0n) is 16.0. The number of ether oxygens (including phenoxy) is 1. The molecule has 1 aliphatic heterocycles. The van der Waals surface area contributed by atoms with E-state index >= 15 is 0 Å². The summed E-state index contributed by atoms with van der Waals surface area (Å²) >= 11 is 0. The number of amides is 1. The van der Waals surface area contributed by atoms with Crippen LogP contribution in [0, 0.1) is 0 Å². The van der Waals surface area contributed by atoms with Crippen molar-refractivity contribution in [3.8, 4) is 0 Å². The first kappa shape index (κ1) is 20.2. The molecule has 1 aliphatic rings. The summed E-state index contributed by atoms with van der Waals surface area (Å²) in [5.74, 6) is 0. The molecule has 23 heavy (non-hydrogen) atoms. The molecular formula is C18H37N3O2. The average molecular weight is 328 g/mol. The minimum atomic E-state index is -0.422. The summed E-state index contributed by atoms with van der Waals surface area (Å²) in [5.41, 5.74) is -0.422. The molecule has 0 aliphatic carbocycles. The first-order chi connectivity index (χ1) is 10.7. The van der Waals surface area contributed by atoms with E-state index < -0.39 is 5.60 Å². The second-order valence-corrected chi connectivity index (χ2v) is 8.07. The number of piperidine rings is 1. The lowest BCUT2D eigenvalue weighted by Gasteiger charge is -2.38. The first-order valence-corrected chi connectivity index (χ1v) is 9.07. The van der Waals surface area contributed by atoms with Crippen molar-refractivity contribution < 1.29 is 9.53 Å². The lowest BCUT2D eigenvalue weighted by molar-refractivity contribution is 0.00791. The molecule has 0 aromatic heterocycles. The molecule has 1 rings (SSSR count). The predicted octanol–water partition coefficient (Wildman–Crippen LogP) is 3.10. The number of nitrogens with one attached hydrogen (secondary N) is 1. The molecule has 0 aromatic carbocycles.